The average Bonchev–Trinajstić information content (AvgIpc) is 2.79. The van der Waals surface area contributed by atoms with Crippen LogP contribution in [0.25, 0.3) is 11.4 Å². The van der Waals surface area contributed by atoms with E-state index in [4.69, 9.17) is 9.47 Å². The van der Waals surface area contributed by atoms with Gasteiger partial charge in [-0.2, -0.15) is 4.98 Å². The van der Waals surface area contributed by atoms with Crippen molar-refractivity contribution in [2.24, 2.45) is 7.05 Å². The zero-order valence-corrected chi connectivity index (χ0v) is 10.7. The summed E-state index contributed by atoms with van der Waals surface area (Å²) >= 11 is 0. The fourth-order valence-corrected chi connectivity index (χ4v) is 1.49. The smallest absolute Gasteiger partial charge is 0.344 e. The predicted molar refractivity (Wildman–Crippen MR) is 66.4 cm³/mol. The number of hydrogen-bond donors (Lipinski definition) is 0. The van der Waals surface area contributed by atoms with Gasteiger partial charge >= 0.3 is 12.0 Å². The van der Waals surface area contributed by atoms with Gasteiger partial charge in [-0.3, -0.25) is 4.98 Å². The number of pyridine rings is 1. The van der Waals surface area contributed by atoms with Gasteiger partial charge in [0.05, 0.1) is 6.61 Å². The Hall–Kier alpha value is -2.44. The van der Waals surface area contributed by atoms with E-state index in [1.54, 1.807) is 31.0 Å². The van der Waals surface area contributed by atoms with Gasteiger partial charge in [0.15, 0.2) is 12.4 Å². The molecule has 0 aliphatic rings. The summed E-state index contributed by atoms with van der Waals surface area (Å²) in [5, 5.41) is 4.07. The van der Waals surface area contributed by atoms with Crippen molar-refractivity contribution in [1.82, 2.24) is 19.7 Å². The number of esters is 1. The van der Waals surface area contributed by atoms with Gasteiger partial charge in [-0.25, -0.2) is 9.48 Å². The lowest BCUT2D eigenvalue weighted by Gasteiger charge is -2.00. The fourth-order valence-electron chi connectivity index (χ4n) is 1.49. The molecule has 2 rings (SSSR count). The van der Waals surface area contributed by atoms with Gasteiger partial charge in [0.2, 0.25) is 0 Å². The molecule has 0 radical (unpaired) electrons. The quantitative estimate of drug-likeness (QED) is 0.742. The second-order valence-corrected chi connectivity index (χ2v) is 3.68. The summed E-state index contributed by atoms with van der Waals surface area (Å²) in [6.07, 6.45) is 3.36. The minimum atomic E-state index is -0.446. The Morgan fingerprint density at radius 1 is 1.47 bits per heavy atom. The van der Waals surface area contributed by atoms with Gasteiger partial charge in [0.1, 0.15) is 0 Å². The molecule has 0 aromatic carbocycles. The van der Waals surface area contributed by atoms with E-state index >= 15 is 0 Å². The molecule has 0 aliphatic carbocycles. The highest BCUT2D eigenvalue weighted by atomic mass is 16.6. The van der Waals surface area contributed by atoms with E-state index in [0.29, 0.717) is 12.4 Å². The van der Waals surface area contributed by atoms with Crippen molar-refractivity contribution in [2.45, 2.75) is 6.92 Å². The third kappa shape index (κ3) is 3.27. The minimum absolute atomic E-state index is 0.134. The van der Waals surface area contributed by atoms with Gasteiger partial charge in [-0.05, 0) is 19.1 Å². The molecule has 7 nitrogen and oxygen atoms in total. The molecule has 0 unspecified atom stereocenters. The molecule has 19 heavy (non-hydrogen) atoms. The molecule has 2 heterocycles. The van der Waals surface area contributed by atoms with Gasteiger partial charge in [-0.1, -0.05) is 0 Å². The van der Waals surface area contributed by atoms with Crippen molar-refractivity contribution in [3.8, 4) is 17.4 Å². The van der Waals surface area contributed by atoms with Crippen LogP contribution in [-0.4, -0.2) is 38.9 Å². The van der Waals surface area contributed by atoms with E-state index in [9.17, 15) is 4.79 Å². The standard InChI is InChI=1S/C12H14N4O3/c1-3-18-10(17)8-19-12-14-11(16(2)15-12)9-5-4-6-13-7-9/h4-7H,3,8H2,1-2H3. The zero-order chi connectivity index (χ0) is 13.7. The Morgan fingerprint density at radius 2 is 2.32 bits per heavy atom. The average molecular weight is 262 g/mol. The van der Waals surface area contributed by atoms with Crippen LogP contribution >= 0.6 is 0 Å². The second kappa shape index (κ2) is 5.94. The molecule has 0 N–H and O–H groups in total. The summed E-state index contributed by atoms with van der Waals surface area (Å²) in [5.41, 5.74) is 0.823. The van der Waals surface area contributed by atoms with E-state index in [1.807, 2.05) is 12.1 Å². The molecule has 0 aliphatic heterocycles. The summed E-state index contributed by atoms with van der Waals surface area (Å²) in [6, 6.07) is 3.81. The zero-order valence-electron chi connectivity index (χ0n) is 10.7. The maximum absolute atomic E-state index is 11.2. The summed E-state index contributed by atoms with van der Waals surface area (Å²) in [4.78, 5) is 19.4. The van der Waals surface area contributed by atoms with Crippen molar-refractivity contribution in [3.05, 3.63) is 24.5 Å². The maximum Gasteiger partial charge on any atom is 0.344 e. The lowest BCUT2D eigenvalue weighted by molar-refractivity contribution is -0.145. The maximum atomic E-state index is 11.2. The van der Waals surface area contributed by atoms with Crippen LogP contribution in [-0.2, 0) is 16.6 Å². The van der Waals surface area contributed by atoms with Crippen molar-refractivity contribution in [1.29, 1.82) is 0 Å². The van der Waals surface area contributed by atoms with E-state index in [-0.39, 0.29) is 12.6 Å². The van der Waals surface area contributed by atoms with Gasteiger partial charge in [0, 0.05) is 25.0 Å². The first-order chi connectivity index (χ1) is 9.20. The summed E-state index contributed by atoms with van der Waals surface area (Å²) in [5.74, 6) is 0.171. The molecule has 2 aromatic heterocycles. The highest BCUT2D eigenvalue weighted by Crippen LogP contribution is 2.17. The largest absolute Gasteiger partial charge is 0.463 e. The molecule has 0 saturated heterocycles. The Balaban J connectivity index is 2.07. The first-order valence-corrected chi connectivity index (χ1v) is 5.80. The fraction of sp³-hybridized carbons (Fsp3) is 0.333. The van der Waals surface area contributed by atoms with Crippen LogP contribution in [0, 0.1) is 0 Å². The highest BCUT2D eigenvalue weighted by Gasteiger charge is 2.12. The van der Waals surface area contributed by atoms with Crippen LogP contribution in [0.15, 0.2) is 24.5 Å². The topological polar surface area (TPSA) is 79.1 Å². The third-order valence-electron chi connectivity index (χ3n) is 2.29. The first-order valence-electron chi connectivity index (χ1n) is 5.80. The van der Waals surface area contributed by atoms with Crippen molar-refractivity contribution >= 4 is 5.97 Å². The van der Waals surface area contributed by atoms with Crippen LogP contribution in [0.2, 0.25) is 0 Å². The van der Waals surface area contributed by atoms with Crippen LogP contribution in [0.3, 0.4) is 0 Å². The monoisotopic (exact) mass is 262 g/mol. The number of aromatic nitrogens is 4. The lowest BCUT2D eigenvalue weighted by atomic mass is 10.3. The van der Waals surface area contributed by atoms with E-state index in [2.05, 4.69) is 15.1 Å². The molecule has 0 fully saturated rings. The molecule has 0 bridgehead atoms. The van der Waals surface area contributed by atoms with Gasteiger partial charge in [0.25, 0.3) is 0 Å². The van der Waals surface area contributed by atoms with E-state index < -0.39 is 5.97 Å². The molecule has 2 aromatic rings. The molecular formula is C12H14N4O3. The van der Waals surface area contributed by atoms with E-state index in [0.717, 1.165) is 5.56 Å². The van der Waals surface area contributed by atoms with Crippen molar-refractivity contribution < 1.29 is 14.3 Å². The Morgan fingerprint density at radius 3 is 3.00 bits per heavy atom. The Kier molecular flexibility index (Phi) is 4.07. The van der Waals surface area contributed by atoms with Crippen molar-refractivity contribution in [3.63, 3.8) is 0 Å². The summed E-state index contributed by atoms with van der Waals surface area (Å²) in [7, 11) is 1.74. The highest BCUT2D eigenvalue weighted by molar-refractivity contribution is 5.70. The number of nitrogens with zero attached hydrogens (tertiary/aromatic N) is 4. The Bertz CT molecular complexity index is 553. The lowest BCUT2D eigenvalue weighted by Crippen LogP contribution is -2.15. The predicted octanol–water partition coefficient (Wildman–Crippen LogP) is 0.819. The normalized spacial score (nSPS) is 10.2. The molecular weight excluding hydrogens is 248 g/mol. The number of rotatable bonds is 5. The SMILES string of the molecule is CCOC(=O)COc1nc(-c2cccnc2)n(C)n1. The van der Waals surface area contributed by atoms with E-state index in [1.165, 1.54) is 0 Å². The number of aryl methyl sites for hydroxylation is 1. The van der Waals surface area contributed by atoms with Crippen LogP contribution < -0.4 is 4.74 Å². The van der Waals surface area contributed by atoms with Gasteiger partial charge in [-0.15, -0.1) is 5.10 Å². The molecule has 0 spiro atoms. The molecule has 100 valence electrons. The third-order valence-corrected chi connectivity index (χ3v) is 2.29. The number of carbonyl (C=O) groups is 1. The van der Waals surface area contributed by atoms with Crippen molar-refractivity contribution in [2.75, 3.05) is 13.2 Å². The number of carbonyl (C=O) groups excluding carboxylic acids is 1. The number of ether oxygens (including phenoxy) is 2. The Labute approximate surface area is 110 Å². The first kappa shape index (κ1) is 13.0. The number of hydrogen-bond acceptors (Lipinski definition) is 6. The molecule has 0 saturated carbocycles. The molecule has 7 heteroatoms. The van der Waals surface area contributed by atoms with Crippen LogP contribution in [0.1, 0.15) is 6.92 Å². The summed E-state index contributed by atoms with van der Waals surface area (Å²) in [6.45, 7) is 1.85. The molecule has 0 atom stereocenters. The second-order valence-electron chi connectivity index (χ2n) is 3.68. The summed E-state index contributed by atoms with van der Waals surface area (Å²) < 4.78 is 11.5. The van der Waals surface area contributed by atoms with Crippen LogP contribution in [0.5, 0.6) is 6.01 Å². The van der Waals surface area contributed by atoms with Gasteiger partial charge < -0.3 is 9.47 Å². The van der Waals surface area contributed by atoms with Crippen LogP contribution in [0.4, 0.5) is 0 Å². The minimum Gasteiger partial charge on any atom is -0.463 e. The molecule has 0 amide bonds.